The SMILES string of the molecule is CCc1nc(CCNC(=O)N2C[C@@H]3CCC[C@@]3(C(=O)O)C2)cs1. The summed E-state index contributed by atoms with van der Waals surface area (Å²) in [6.07, 6.45) is 4.20. The summed E-state index contributed by atoms with van der Waals surface area (Å²) in [6.45, 7) is 3.52. The van der Waals surface area contributed by atoms with Gasteiger partial charge in [-0.15, -0.1) is 11.3 Å². The predicted octanol–water partition coefficient (Wildman–Crippen LogP) is 2.14. The average molecular weight is 337 g/mol. The van der Waals surface area contributed by atoms with Crippen molar-refractivity contribution in [3.8, 4) is 0 Å². The molecule has 1 aliphatic carbocycles. The molecule has 2 fully saturated rings. The van der Waals surface area contributed by atoms with E-state index in [0.29, 0.717) is 32.5 Å². The van der Waals surface area contributed by atoms with Gasteiger partial charge in [-0.05, 0) is 25.2 Å². The van der Waals surface area contributed by atoms with E-state index >= 15 is 0 Å². The summed E-state index contributed by atoms with van der Waals surface area (Å²) >= 11 is 1.65. The minimum Gasteiger partial charge on any atom is -0.481 e. The molecule has 0 aromatic carbocycles. The van der Waals surface area contributed by atoms with Gasteiger partial charge in [0, 0.05) is 31.4 Å². The van der Waals surface area contributed by atoms with Gasteiger partial charge in [-0.2, -0.15) is 0 Å². The second-order valence-corrected chi connectivity index (χ2v) is 7.44. The molecule has 126 valence electrons. The number of carbonyl (C=O) groups is 2. The molecule has 7 heteroatoms. The molecule has 23 heavy (non-hydrogen) atoms. The number of carbonyl (C=O) groups excluding carboxylic acids is 1. The largest absolute Gasteiger partial charge is 0.481 e. The zero-order valence-corrected chi connectivity index (χ0v) is 14.2. The van der Waals surface area contributed by atoms with Crippen LogP contribution in [0.4, 0.5) is 4.79 Å². The predicted molar refractivity (Wildman–Crippen MR) is 87.6 cm³/mol. The number of nitrogens with one attached hydrogen (secondary N) is 1. The molecule has 1 aliphatic heterocycles. The molecular formula is C16H23N3O3S. The van der Waals surface area contributed by atoms with Crippen molar-refractivity contribution in [2.75, 3.05) is 19.6 Å². The Hall–Kier alpha value is -1.63. The van der Waals surface area contributed by atoms with Gasteiger partial charge in [-0.3, -0.25) is 4.79 Å². The quantitative estimate of drug-likeness (QED) is 0.862. The number of aryl methyl sites for hydroxylation is 1. The number of aliphatic carboxylic acids is 1. The van der Waals surface area contributed by atoms with E-state index in [4.69, 9.17) is 0 Å². The Kier molecular flexibility index (Phi) is 4.57. The first-order valence-corrected chi connectivity index (χ1v) is 9.12. The third-order valence-electron chi connectivity index (χ3n) is 5.14. The Morgan fingerprint density at radius 3 is 3.04 bits per heavy atom. The van der Waals surface area contributed by atoms with Crippen molar-refractivity contribution >= 4 is 23.3 Å². The zero-order chi connectivity index (χ0) is 16.4. The van der Waals surface area contributed by atoms with Crippen molar-refractivity contribution < 1.29 is 14.7 Å². The maximum absolute atomic E-state index is 12.3. The van der Waals surface area contributed by atoms with E-state index in [-0.39, 0.29) is 11.9 Å². The lowest BCUT2D eigenvalue weighted by Crippen LogP contribution is -2.42. The van der Waals surface area contributed by atoms with Gasteiger partial charge in [0.1, 0.15) is 0 Å². The molecule has 2 amide bonds. The van der Waals surface area contributed by atoms with Crippen molar-refractivity contribution in [3.63, 3.8) is 0 Å². The maximum atomic E-state index is 12.3. The van der Waals surface area contributed by atoms with E-state index in [0.717, 1.165) is 30.0 Å². The zero-order valence-electron chi connectivity index (χ0n) is 13.4. The number of thiazole rings is 1. The van der Waals surface area contributed by atoms with Crippen LogP contribution in [0.3, 0.4) is 0 Å². The summed E-state index contributed by atoms with van der Waals surface area (Å²) in [5, 5.41) is 15.6. The molecule has 0 spiro atoms. The van der Waals surface area contributed by atoms with Crippen LogP contribution in [0.15, 0.2) is 5.38 Å². The highest BCUT2D eigenvalue weighted by atomic mass is 32.1. The van der Waals surface area contributed by atoms with Gasteiger partial charge in [0.2, 0.25) is 0 Å². The third kappa shape index (κ3) is 3.06. The average Bonchev–Trinajstić information content (AvgIpc) is 3.20. The summed E-state index contributed by atoms with van der Waals surface area (Å²) in [5.74, 6) is -0.638. The first-order chi connectivity index (χ1) is 11.0. The van der Waals surface area contributed by atoms with Gasteiger partial charge in [0.05, 0.1) is 16.1 Å². The summed E-state index contributed by atoms with van der Waals surface area (Å²) in [5.41, 5.74) is 0.301. The van der Waals surface area contributed by atoms with Gasteiger partial charge < -0.3 is 15.3 Å². The first-order valence-electron chi connectivity index (χ1n) is 8.24. The lowest BCUT2D eigenvalue weighted by Gasteiger charge is -2.23. The van der Waals surface area contributed by atoms with Gasteiger partial charge in [-0.25, -0.2) is 9.78 Å². The summed E-state index contributed by atoms with van der Waals surface area (Å²) in [7, 11) is 0. The number of hydrogen-bond donors (Lipinski definition) is 2. The lowest BCUT2D eigenvalue weighted by molar-refractivity contribution is -0.149. The highest BCUT2D eigenvalue weighted by Gasteiger charge is 2.55. The molecule has 2 N–H and O–H groups in total. The normalized spacial score (nSPS) is 26.3. The number of rotatable bonds is 5. The molecular weight excluding hydrogens is 314 g/mol. The number of hydrogen-bond acceptors (Lipinski definition) is 4. The Bertz CT molecular complexity index is 603. The maximum Gasteiger partial charge on any atom is 0.317 e. The fourth-order valence-corrected chi connectivity index (χ4v) is 4.61. The second-order valence-electron chi connectivity index (χ2n) is 6.50. The summed E-state index contributed by atoms with van der Waals surface area (Å²) < 4.78 is 0. The van der Waals surface area contributed by atoms with E-state index in [1.165, 1.54) is 0 Å². The molecule has 0 unspecified atom stereocenters. The number of carboxylic acid groups (broad SMARTS) is 1. The van der Waals surface area contributed by atoms with Gasteiger partial charge in [-0.1, -0.05) is 13.3 Å². The molecule has 1 saturated heterocycles. The third-order valence-corrected chi connectivity index (χ3v) is 6.18. The van der Waals surface area contributed by atoms with Crippen LogP contribution in [0.25, 0.3) is 0 Å². The smallest absolute Gasteiger partial charge is 0.317 e. The van der Waals surface area contributed by atoms with E-state index in [9.17, 15) is 14.7 Å². The number of carboxylic acids is 1. The highest BCUT2D eigenvalue weighted by molar-refractivity contribution is 7.09. The van der Waals surface area contributed by atoms with Crippen LogP contribution < -0.4 is 5.32 Å². The fourth-order valence-electron chi connectivity index (χ4n) is 3.83. The summed E-state index contributed by atoms with van der Waals surface area (Å²) in [6, 6.07) is -0.147. The number of aromatic nitrogens is 1. The number of amides is 2. The van der Waals surface area contributed by atoms with Crippen LogP contribution in [0.2, 0.25) is 0 Å². The molecule has 0 radical (unpaired) electrons. The second kappa shape index (κ2) is 6.47. The van der Waals surface area contributed by atoms with Crippen LogP contribution in [0, 0.1) is 11.3 Å². The van der Waals surface area contributed by atoms with Crippen molar-refractivity contribution in [2.45, 2.75) is 39.0 Å². The molecule has 6 nitrogen and oxygen atoms in total. The molecule has 3 rings (SSSR count). The number of nitrogens with zero attached hydrogens (tertiary/aromatic N) is 2. The van der Waals surface area contributed by atoms with Crippen LogP contribution in [0.1, 0.15) is 36.9 Å². The van der Waals surface area contributed by atoms with Crippen molar-refractivity contribution in [1.29, 1.82) is 0 Å². The van der Waals surface area contributed by atoms with Gasteiger partial charge in [0.25, 0.3) is 0 Å². The number of likely N-dealkylation sites (tertiary alicyclic amines) is 1. The van der Waals surface area contributed by atoms with Crippen LogP contribution in [-0.4, -0.2) is 46.6 Å². The molecule has 0 bridgehead atoms. The highest BCUT2D eigenvalue weighted by Crippen LogP contribution is 2.48. The molecule has 2 atom stereocenters. The first kappa shape index (κ1) is 16.2. The standard InChI is InChI=1S/C16H23N3O3S/c1-2-13-18-12(9-23-13)5-7-17-15(22)19-8-11-4-3-6-16(11,10-19)14(20)21/h9,11H,2-8,10H2,1H3,(H,17,22)(H,20,21)/t11-,16+/m0/s1. The Labute approximate surface area is 139 Å². The molecule has 1 saturated carbocycles. The Balaban J connectivity index is 1.50. The fraction of sp³-hybridized carbons (Fsp3) is 0.688. The monoisotopic (exact) mass is 337 g/mol. The van der Waals surface area contributed by atoms with E-state index < -0.39 is 11.4 Å². The number of fused-ring (bicyclic) bond motifs is 1. The van der Waals surface area contributed by atoms with Crippen LogP contribution in [0.5, 0.6) is 0 Å². The van der Waals surface area contributed by atoms with Crippen molar-refractivity contribution in [1.82, 2.24) is 15.2 Å². The van der Waals surface area contributed by atoms with E-state index in [2.05, 4.69) is 17.2 Å². The lowest BCUT2D eigenvalue weighted by atomic mass is 9.81. The topological polar surface area (TPSA) is 82.5 Å². The minimum atomic E-state index is -0.745. The van der Waals surface area contributed by atoms with Crippen LogP contribution in [-0.2, 0) is 17.6 Å². The molecule has 2 heterocycles. The van der Waals surface area contributed by atoms with E-state index in [1.807, 2.05) is 5.38 Å². The molecule has 2 aliphatic rings. The van der Waals surface area contributed by atoms with Crippen molar-refractivity contribution in [3.05, 3.63) is 16.1 Å². The summed E-state index contributed by atoms with van der Waals surface area (Å²) in [4.78, 5) is 30.1. The van der Waals surface area contributed by atoms with E-state index in [1.54, 1.807) is 16.2 Å². The minimum absolute atomic E-state index is 0.108. The Morgan fingerprint density at radius 1 is 1.57 bits per heavy atom. The molecule has 1 aromatic heterocycles. The molecule has 1 aromatic rings. The Morgan fingerprint density at radius 2 is 2.39 bits per heavy atom. The van der Waals surface area contributed by atoms with Gasteiger partial charge >= 0.3 is 12.0 Å². The van der Waals surface area contributed by atoms with Crippen LogP contribution >= 0.6 is 11.3 Å². The van der Waals surface area contributed by atoms with Crippen molar-refractivity contribution in [2.24, 2.45) is 11.3 Å². The number of urea groups is 1. The van der Waals surface area contributed by atoms with Gasteiger partial charge in [0.15, 0.2) is 0 Å².